The molecule has 2 amide bonds. The minimum absolute atomic E-state index is 0.146. The van der Waals surface area contributed by atoms with Crippen LogP contribution in [0.25, 0.3) is 16.8 Å². The molecule has 1 unspecified atom stereocenters. The normalized spacial score (nSPS) is 17.3. The maximum atomic E-state index is 12.9. The number of nitrogens with one attached hydrogen (secondary N) is 2. The summed E-state index contributed by atoms with van der Waals surface area (Å²) < 4.78 is 1.91. The molecule has 4 aromatic rings. The van der Waals surface area contributed by atoms with E-state index >= 15 is 0 Å². The first-order chi connectivity index (χ1) is 19.0. The number of anilines is 3. The van der Waals surface area contributed by atoms with Gasteiger partial charge in [0.25, 0.3) is 5.91 Å². The number of amides is 2. The van der Waals surface area contributed by atoms with Crippen LogP contribution in [0.15, 0.2) is 55.0 Å². The third kappa shape index (κ3) is 5.00. The van der Waals surface area contributed by atoms with Crippen LogP contribution in [0, 0.1) is 5.92 Å². The SMILES string of the molecule is CONC(=O)C1CCCN(c2nc(-c3ccc(C(=O)Nc4cc(C5CC5)ccn4)cc3)c3c(N)nccn23)C1. The van der Waals surface area contributed by atoms with E-state index < -0.39 is 0 Å². The van der Waals surface area contributed by atoms with Gasteiger partial charge in [0, 0.05) is 42.8 Å². The second-order valence-corrected chi connectivity index (χ2v) is 10.0. The molecule has 11 heteroatoms. The van der Waals surface area contributed by atoms with Gasteiger partial charge in [-0.2, -0.15) is 0 Å². The van der Waals surface area contributed by atoms with Gasteiger partial charge in [0.1, 0.15) is 22.8 Å². The van der Waals surface area contributed by atoms with Crippen molar-refractivity contribution in [3.8, 4) is 11.3 Å². The summed E-state index contributed by atoms with van der Waals surface area (Å²) in [5.74, 6) is 1.58. The highest BCUT2D eigenvalue weighted by Crippen LogP contribution is 2.40. The molecule has 0 radical (unpaired) electrons. The Balaban J connectivity index is 1.26. The summed E-state index contributed by atoms with van der Waals surface area (Å²) in [4.78, 5) is 45.8. The molecule has 1 aliphatic carbocycles. The molecule has 6 rings (SSSR count). The van der Waals surface area contributed by atoms with Gasteiger partial charge in [-0.3, -0.25) is 18.8 Å². The van der Waals surface area contributed by atoms with Crippen LogP contribution in [0.1, 0.15) is 47.5 Å². The maximum Gasteiger partial charge on any atom is 0.256 e. The molecule has 1 saturated carbocycles. The summed E-state index contributed by atoms with van der Waals surface area (Å²) in [6, 6.07) is 11.2. The second-order valence-electron chi connectivity index (χ2n) is 10.0. The number of hydrogen-bond donors (Lipinski definition) is 3. The van der Waals surface area contributed by atoms with Crippen molar-refractivity contribution in [2.75, 3.05) is 36.1 Å². The van der Waals surface area contributed by atoms with E-state index in [0.717, 1.165) is 24.9 Å². The lowest BCUT2D eigenvalue weighted by atomic mass is 9.98. The monoisotopic (exact) mass is 526 g/mol. The first-order valence-corrected chi connectivity index (χ1v) is 13.1. The van der Waals surface area contributed by atoms with Crippen LogP contribution in [-0.2, 0) is 9.63 Å². The molecular weight excluding hydrogens is 496 g/mol. The number of carbonyl (C=O) groups is 2. The molecule has 2 fully saturated rings. The first kappa shape index (κ1) is 24.8. The Morgan fingerprint density at radius 2 is 1.90 bits per heavy atom. The average molecular weight is 527 g/mol. The lowest BCUT2D eigenvalue weighted by Crippen LogP contribution is -2.43. The second kappa shape index (κ2) is 10.3. The van der Waals surface area contributed by atoms with Crippen molar-refractivity contribution in [2.24, 2.45) is 5.92 Å². The summed E-state index contributed by atoms with van der Waals surface area (Å²) in [6.07, 6.45) is 9.18. The van der Waals surface area contributed by atoms with E-state index in [-0.39, 0.29) is 17.7 Å². The fourth-order valence-electron chi connectivity index (χ4n) is 5.18. The summed E-state index contributed by atoms with van der Waals surface area (Å²) >= 11 is 0. The molecule has 11 nitrogen and oxygen atoms in total. The van der Waals surface area contributed by atoms with Crippen LogP contribution < -0.4 is 21.4 Å². The van der Waals surface area contributed by atoms with Crippen LogP contribution in [0.2, 0.25) is 0 Å². The largest absolute Gasteiger partial charge is 0.382 e. The smallest absolute Gasteiger partial charge is 0.256 e. The van der Waals surface area contributed by atoms with E-state index in [2.05, 4.69) is 25.7 Å². The maximum absolute atomic E-state index is 12.9. The Morgan fingerprint density at radius 3 is 2.67 bits per heavy atom. The number of benzene rings is 1. The Kier molecular flexibility index (Phi) is 6.57. The molecule has 2 aliphatic rings. The third-order valence-electron chi connectivity index (χ3n) is 7.34. The fourth-order valence-corrected chi connectivity index (χ4v) is 5.18. The molecule has 4 N–H and O–H groups in total. The number of nitrogens with zero attached hydrogens (tertiary/aromatic N) is 5. The lowest BCUT2D eigenvalue weighted by molar-refractivity contribution is -0.135. The minimum Gasteiger partial charge on any atom is -0.382 e. The minimum atomic E-state index is -0.229. The summed E-state index contributed by atoms with van der Waals surface area (Å²) in [5, 5.41) is 2.90. The summed E-state index contributed by atoms with van der Waals surface area (Å²) in [6.45, 7) is 1.26. The number of fused-ring (bicyclic) bond motifs is 1. The number of pyridine rings is 1. The molecule has 200 valence electrons. The van der Waals surface area contributed by atoms with Gasteiger partial charge < -0.3 is 16.0 Å². The van der Waals surface area contributed by atoms with E-state index in [9.17, 15) is 9.59 Å². The van der Waals surface area contributed by atoms with Gasteiger partial charge in [0.05, 0.1) is 13.0 Å². The number of aromatic nitrogens is 4. The van der Waals surface area contributed by atoms with Crippen molar-refractivity contribution >= 4 is 34.9 Å². The van der Waals surface area contributed by atoms with Gasteiger partial charge >= 0.3 is 0 Å². The Hall–Kier alpha value is -4.51. The highest BCUT2D eigenvalue weighted by atomic mass is 16.6. The van der Waals surface area contributed by atoms with Gasteiger partial charge in [-0.05, 0) is 61.4 Å². The highest BCUT2D eigenvalue weighted by Gasteiger charge is 2.29. The molecule has 0 spiro atoms. The number of piperidine rings is 1. The molecule has 4 heterocycles. The van der Waals surface area contributed by atoms with E-state index in [0.29, 0.717) is 46.8 Å². The van der Waals surface area contributed by atoms with E-state index in [1.54, 1.807) is 24.5 Å². The number of rotatable bonds is 7. The standard InChI is InChI=1S/C28H30N8O3/c1-39-34-27(38)21-3-2-13-35(16-21)28-33-23(24-25(29)31-12-14-36(24)28)18-6-8-19(9-7-18)26(37)32-22-15-20(10-11-30-22)17-4-5-17/h6-12,14-15,17,21H,2-5,13,16H2,1H3,(H2,29,31)(H,34,38)(H,30,32,37). The predicted molar refractivity (Wildman–Crippen MR) is 147 cm³/mol. The van der Waals surface area contributed by atoms with Gasteiger partial charge in [-0.1, -0.05) is 12.1 Å². The van der Waals surface area contributed by atoms with Crippen molar-refractivity contribution in [1.29, 1.82) is 0 Å². The van der Waals surface area contributed by atoms with Crippen molar-refractivity contribution < 1.29 is 14.4 Å². The summed E-state index contributed by atoms with van der Waals surface area (Å²) in [5.41, 5.74) is 12.6. The topological polar surface area (TPSA) is 140 Å². The Morgan fingerprint density at radius 1 is 1.08 bits per heavy atom. The van der Waals surface area contributed by atoms with Crippen molar-refractivity contribution in [2.45, 2.75) is 31.6 Å². The molecule has 1 saturated heterocycles. The highest BCUT2D eigenvalue weighted by molar-refractivity contribution is 6.04. The third-order valence-corrected chi connectivity index (χ3v) is 7.34. The summed E-state index contributed by atoms with van der Waals surface area (Å²) in [7, 11) is 1.43. The van der Waals surface area contributed by atoms with Gasteiger partial charge in [0.15, 0.2) is 0 Å². The molecular formula is C28H30N8O3. The Labute approximate surface area is 225 Å². The molecule has 1 aliphatic heterocycles. The number of nitrogens with two attached hydrogens (primary N) is 1. The number of carbonyl (C=O) groups excluding carboxylic acids is 2. The van der Waals surface area contributed by atoms with E-state index in [4.69, 9.17) is 15.6 Å². The quantitative estimate of drug-likeness (QED) is 0.311. The van der Waals surface area contributed by atoms with Gasteiger partial charge in [-0.25, -0.2) is 20.4 Å². The lowest BCUT2D eigenvalue weighted by Gasteiger charge is -2.32. The predicted octanol–water partition coefficient (Wildman–Crippen LogP) is 3.40. The van der Waals surface area contributed by atoms with Crippen LogP contribution in [0.5, 0.6) is 0 Å². The Bertz CT molecular complexity index is 1530. The number of nitrogen functional groups attached to an aromatic ring is 1. The number of imidazole rings is 1. The van der Waals surface area contributed by atoms with Crippen molar-refractivity contribution in [1.82, 2.24) is 24.8 Å². The molecule has 1 aromatic carbocycles. The van der Waals surface area contributed by atoms with E-state index in [1.807, 2.05) is 34.9 Å². The van der Waals surface area contributed by atoms with E-state index in [1.165, 1.54) is 25.5 Å². The average Bonchev–Trinajstić information content (AvgIpc) is 3.74. The fraction of sp³-hybridized carbons (Fsp3) is 0.321. The van der Waals surface area contributed by atoms with Crippen LogP contribution in [0.3, 0.4) is 0 Å². The molecule has 3 aromatic heterocycles. The molecule has 39 heavy (non-hydrogen) atoms. The zero-order valence-electron chi connectivity index (χ0n) is 21.6. The molecule has 0 bridgehead atoms. The first-order valence-electron chi connectivity index (χ1n) is 13.1. The van der Waals surface area contributed by atoms with Crippen molar-refractivity contribution in [3.05, 3.63) is 66.1 Å². The zero-order valence-corrected chi connectivity index (χ0v) is 21.6. The molecule has 1 atom stereocenters. The van der Waals surface area contributed by atoms with Crippen LogP contribution in [-0.4, -0.2) is 51.4 Å². The number of hydrogen-bond acceptors (Lipinski definition) is 8. The van der Waals surface area contributed by atoms with Crippen LogP contribution in [0.4, 0.5) is 17.6 Å². The van der Waals surface area contributed by atoms with Gasteiger partial charge in [0.2, 0.25) is 11.9 Å². The van der Waals surface area contributed by atoms with Gasteiger partial charge in [-0.15, -0.1) is 0 Å². The number of hydroxylamine groups is 1. The zero-order chi connectivity index (χ0) is 26.9. The van der Waals surface area contributed by atoms with Crippen LogP contribution >= 0.6 is 0 Å². The van der Waals surface area contributed by atoms with Crippen molar-refractivity contribution in [3.63, 3.8) is 0 Å².